The molecule has 1 aromatic heterocycles. The van der Waals surface area contributed by atoms with Crippen LogP contribution in [0.15, 0.2) is 56.6 Å². The van der Waals surface area contributed by atoms with E-state index >= 15 is 0 Å². The van der Waals surface area contributed by atoms with Gasteiger partial charge in [-0.25, -0.2) is 13.2 Å². The van der Waals surface area contributed by atoms with E-state index in [1.165, 1.54) is 22.5 Å². The highest BCUT2D eigenvalue weighted by Crippen LogP contribution is 2.27. The van der Waals surface area contributed by atoms with Gasteiger partial charge in [-0.1, -0.05) is 23.7 Å². The molecule has 1 saturated heterocycles. The maximum Gasteiger partial charge on any atom is 0.417 e. The van der Waals surface area contributed by atoms with Crippen molar-refractivity contribution in [3.05, 3.63) is 63.6 Å². The molecule has 0 spiro atoms. The van der Waals surface area contributed by atoms with E-state index < -0.39 is 21.7 Å². The summed E-state index contributed by atoms with van der Waals surface area (Å²) in [5.41, 5.74) is 1.08. The van der Waals surface area contributed by atoms with Crippen LogP contribution in [-0.2, 0) is 10.0 Å². The largest absolute Gasteiger partial charge is 0.417 e. The molecule has 1 N–H and O–H groups in total. The van der Waals surface area contributed by atoms with Crippen molar-refractivity contribution in [3.63, 3.8) is 0 Å². The lowest BCUT2D eigenvalue weighted by molar-refractivity contribution is 0.0872. The van der Waals surface area contributed by atoms with Gasteiger partial charge in [0.15, 0.2) is 11.4 Å². The molecular formula is C19H17ClN2O5S. The number of carbonyl (C=O) groups is 1. The van der Waals surface area contributed by atoms with Gasteiger partial charge in [0.1, 0.15) is 0 Å². The molecule has 1 fully saturated rings. The Morgan fingerprint density at radius 3 is 2.82 bits per heavy atom. The Bertz CT molecular complexity index is 1210. The molecule has 1 aliphatic rings. The van der Waals surface area contributed by atoms with Crippen LogP contribution in [0.2, 0.25) is 5.02 Å². The highest BCUT2D eigenvalue weighted by atomic mass is 35.5. The minimum absolute atomic E-state index is 0.0490. The smallest absolute Gasteiger partial charge is 0.408 e. The highest BCUT2D eigenvalue weighted by Gasteiger charge is 2.34. The number of benzene rings is 2. The summed E-state index contributed by atoms with van der Waals surface area (Å²) in [5.74, 6) is -1.19. The Hall–Kier alpha value is -2.42. The van der Waals surface area contributed by atoms with Crippen molar-refractivity contribution in [1.82, 2.24) is 9.29 Å². The minimum Gasteiger partial charge on any atom is -0.408 e. The van der Waals surface area contributed by atoms with Crippen LogP contribution >= 0.6 is 11.6 Å². The molecule has 1 aliphatic heterocycles. The third-order valence-electron chi connectivity index (χ3n) is 4.89. The topological polar surface area (TPSA) is 100 Å². The second-order valence-corrected chi connectivity index (χ2v) is 9.12. The molecule has 0 saturated carbocycles. The molecule has 2 heterocycles. The molecule has 0 amide bonds. The summed E-state index contributed by atoms with van der Waals surface area (Å²) in [6, 6.07) is 10.9. The summed E-state index contributed by atoms with van der Waals surface area (Å²) in [5, 5.41) is 0.466. The Labute approximate surface area is 166 Å². The first-order chi connectivity index (χ1) is 13.3. The number of sulfonamides is 1. The van der Waals surface area contributed by atoms with Crippen LogP contribution in [0.3, 0.4) is 0 Å². The molecule has 1 unspecified atom stereocenters. The number of oxazole rings is 1. The predicted molar refractivity (Wildman–Crippen MR) is 104 cm³/mol. The molecule has 0 radical (unpaired) electrons. The molecular weight excluding hydrogens is 404 g/mol. The lowest BCUT2D eigenvalue weighted by Gasteiger charge is -2.31. The number of H-pyrrole nitrogens is 1. The number of hydrogen-bond donors (Lipinski definition) is 1. The van der Waals surface area contributed by atoms with Crippen molar-refractivity contribution in [1.29, 1.82) is 0 Å². The van der Waals surface area contributed by atoms with E-state index in [1.807, 2.05) is 0 Å². The van der Waals surface area contributed by atoms with Crippen molar-refractivity contribution in [2.24, 2.45) is 5.92 Å². The Kier molecular flexibility index (Phi) is 4.86. The van der Waals surface area contributed by atoms with E-state index in [9.17, 15) is 18.0 Å². The number of rotatable bonds is 4. The molecule has 3 aromatic rings. The number of aromatic amines is 1. The lowest BCUT2D eigenvalue weighted by Crippen LogP contribution is -2.42. The van der Waals surface area contributed by atoms with Gasteiger partial charge in [-0.3, -0.25) is 9.78 Å². The molecule has 2 aromatic carbocycles. The summed E-state index contributed by atoms with van der Waals surface area (Å²) in [6.45, 7) is 0.440. The van der Waals surface area contributed by atoms with Gasteiger partial charge in [-0.2, -0.15) is 4.31 Å². The van der Waals surface area contributed by atoms with Crippen molar-refractivity contribution in [2.75, 3.05) is 13.1 Å². The fourth-order valence-corrected chi connectivity index (χ4v) is 5.23. The van der Waals surface area contributed by atoms with E-state index in [4.69, 9.17) is 16.0 Å². The third kappa shape index (κ3) is 3.50. The number of carbonyl (C=O) groups excluding carboxylic acids is 1. The number of Topliss-reactive ketones (excluding diaryl/α,β-unsaturated/α-hetero) is 1. The molecule has 7 nitrogen and oxygen atoms in total. The average Bonchev–Trinajstić information content (AvgIpc) is 3.06. The number of piperidine rings is 1. The average molecular weight is 421 g/mol. The van der Waals surface area contributed by atoms with Crippen LogP contribution in [-0.4, -0.2) is 36.6 Å². The number of nitrogens with zero attached hydrogens (tertiary/aromatic N) is 1. The van der Waals surface area contributed by atoms with Crippen molar-refractivity contribution in [3.8, 4) is 0 Å². The standard InChI is InChI=1S/C19H17ClN2O5S/c20-14-5-1-3-12(9-14)18(23)13-4-2-8-22(11-13)28(25,26)15-6-7-17-16(10-15)21-19(24)27-17/h1,3,5-7,9-10,13H,2,4,8,11H2,(H,21,24). The number of aromatic nitrogens is 1. The number of fused-ring (bicyclic) bond motifs is 1. The van der Waals surface area contributed by atoms with Gasteiger partial charge in [0.25, 0.3) is 0 Å². The Morgan fingerprint density at radius 2 is 2.04 bits per heavy atom. The monoisotopic (exact) mass is 420 g/mol. The van der Waals surface area contributed by atoms with Gasteiger partial charge in [0.2, 0.25) is 10.0 Å². The van der Waals surface area contributed by atoms with Gasteiger partial charge >= 0.3 is 5.76 Å². The SMILES string of the molecule is O=C(c1cccc(Cl)c1)C1CCCN(S(=O)(=O)c2ccc3oc(=O)[nH]c3c2)C1. The van der Waals surface area contributed by atoms with Crippen LogP contribution in [0.25, 0.3) is 11.1 Å². The van der Waals surface area contributed by atoms with Crippen LogP contribution in [0, 0.1) is 5.92 Å². The van der Waals surface area contributed by atoms with Crippen molar-refractivity contribution in [2.45, 2.75) is 17.7 Å². The van der Waals surface area contributed by atoms with E-state index in [1.54, 1.807) is 24.3 Å². The van der Waals surface area contributed by atoms with Crippen LogP contribution in [0.4, 0.5) is 0 Å². The summed E-state index contributed by atoms with van der Waals surface area (Å²) >= 11 is 5.97. The zero-order chi connectivity index (χ0) is 19.9. The Morgan fingerprint density at radius 1 is 1.21 bits per heavy atom. The van der Waals surface area contributed by atoms with Crippen LogP contribution in [0.5, 0.6) is 0 Å². The van der Waals surface area contributed by atoms with Gasteiger partial charge in [0, 0.05) is 29.6 Å². The predicted octanol–water partition coefficient (Wildman–Crippen LogP) is 3.06. The molecule has 1 atom stereocenters. The van der Waals surface area contributed by atoms with E-state index in [0.717, 1.165) is 0 Å². The molecule has 4 rings (SSSR count). The maximum absolute atomic E-state index is 13.1. The zero-order valence-electron chi connectivity index (χ0n) is 14.7. The normalized spacial score (nSPS) is 18.4. The highest BCUT2D eigenvalue weighted by molar-refractivity contribution is 7.89. The van der Waals surface area contributed by atoms with Crippen molar-refractivity contribution >= 4 is 38.5 Å². The van der Waals surface area contributed by atoms with Crippen LogP contribution < -0.4 is 5.76 Å². The molecule has 9 heteroatoms. The van der Waals surface area contributed by atoms with E-state index in [-0.39, 0.29) is 22.8 Å². The van der Waals surface area contributed by atoms with Gasteiger partial charge < -0.3 is 4.42 Å². The summed E-state index contributed by atoms with van der Waals surface area (Å²) in [6.07, 6.45) is 1.20. The summed E-state index contributed by atoms with van der Waals surface area (Å²) in [7, 11) is -3.81. The second kappa shape index (κ2) is 7.20. The molecule has 28 heavy (non-hydrogen) atoms. The first-order valence-corrected chi connectivity index (χ1v) is 10.6. The Balaban J connectivity index is 1.60. The fraction of sp³-hybridized carbons (Fsp3) is 0.263. The lowest BCUT2D eigenvalue weighted by atomic mass is 9.91. The first-order valence-electron chi connectivity index (χ1n) is 8.77. The van der Waals surface area contributed by atoms with E-state index in [2.05, 4.69) is 4.98 Å². The molecule has 0 aliphatic carbocycles. The number of ketones is 1. The summed E-state index contributed by atoms with van der Waals surface area (Å²) < 4.78 is 32.4. The summed E-state index contributed by atoms with van der Waals surface area (Å²) in [4.78, 5) is 26.6. The number of halogens is 1. The van der Waals surface area contributed by atoms with Gasteiger partial charge in [0.05, 0.1) is 10.4 Å². The van der Waals surface area contributed by atoms with Crippen molar-refractivity contribution < 1.29 is 17.6 Å². The van der Waals surface area contributed by atoms with Gasteiger partial charge in [-0.15, -0.1) is 0 Å². The second-order valence-electron chi connectivity index (χ2n) is 6.75. The van der Waals surface area contributed by atoms with Gasteiger partial charge in [-0.05, 0) is 43.2 Å². The third-order valence-corrected chi connectivity index (χ3v) is 6.99. The quantitative estimate of drug-likeness (QED) is 0.654. The van der Waals surface area contributed by atoms with E-state index in [0.29, 0.717) is 35.5 Å². The molecule has 0 bridgehead atoms. The first kappa shape index (κ1) is 18.9. The fourth-order valence-electron chi connectivity index (χ4n) is 3.49. The van der Waals surface area contributed by atoms with Crippen LogP contribution in [0.1, 0.15) is 23.2 Å². The zero-order valence-corrected chi connectivity index (χ0v) is 16.3. The number of nitrogens with one attached hydrogen (secondary N) is 1. The maximum atomic E-state index is 13.1. The minimum atomic E-state index is -3.81. The number of hydrogen-bond acceptors (Lipinski definition) is 5. The molecule has 146 valence electrons.